The van der Waals surface area contributed by atoms with Gasteiger partial charge in [-0.3, -0.25) is 4.90 Å². The van der Waals surface area contributed by atoms with Crippen LogP contribution in [0, 0.1) is 0 Å². The summed E-state index contributed by atoms with van der Waals surface area (Å²) < 4.78 is 5.87. The van der Waals surface area contributed by atoms with Gasteiger partial charge in [-0.25, -0.2) is 0 Å². The van der Waals surface area contributed by atoms with Gasteiger partial charge >= 0.3 is 0 Å². The summed E-state index contributed by atoms with van der Waals surface area (Å²) in [5, 5.41) is 3.38. The van der Waals surface area contributed by atoms with Gasteiger partial charge in [0.05, 0.1) is 6.04 Å². The van der Waals surface area contributed by atoms with E-state index < -0.39 is 0 Å². The highest BCUT2D eigenvalue weighted by molar-refractivity contribution is 5.85. The van der Waals surface area contributed by atoms with Crippen molar-refractivity contribution in [2.75, 3.05) is 26.2 Å². The van der Waals surface area contributed by atoms with Crippen molar-refractivity contribution in [3.05, 3.63) is 42.5 Å². The van der Waals surface area contributed by atoms with Crippen LogP contribution in [-0.4, -0.2) is 36.7 Å². The number of halogens is 2. The molecule has 0 spiro atoms. The molecule has 5 heteroatoms. The summed E-state index contributed by atoms with van der Waals surface area (Å²) in [7, 11) is 0. The first-order chi connectivity index (χ1) is 9.49. The third-order valence-corrected chi connectivity index (χ3v) is 3.41. The summed E-state index contributed by atoms with van der Waals surface area (Å²) in [6.45, 7) is 14.4. The lowest BCUT2D eigenvalue weighted by Gasteiger charge is -2.33. The van der Waals surface area contributed by atoms with Gasteiger partial charge in [-0.05, 0) is 38.5 Å². The largest absolute Gasteiger partial charge is 0.488 e. The molecule has 1 atom stereocenters. The second-order valence-corrected chi connectivity index (χ2v) is 6.25. The molecule has 22 heavy (non-hydrogen) atoms. The molecule has 1 N–H and O–H groups in total. The average Bonchev–Trinajstić information content (AvgIpc) is 2.41. The van der Waals surface area contributed by atoms with Gasteiger partial charge in [-0.2, -0.15) is 0 Å². The number of hydrogen-bond donors (Lipinski definition) is 1. The number of hydrogen-bond acceptors (Lipinski definition) is 3. The molecule has 1 aromatic carbocycles. The minimum Gasteiger partial charge on any atom is -0.488 e. The molecule has 0 saturated carbocycles. The Balaban J connectivity index is 0.00000220. The highest BCUT2D eigenvalue weighted by Gasteiger charge is 2.19. The Morgan fingerprint density at radius 1 is 1.14 bits per heavy atom. The van der Waals surface area contributed by atoms with Gasteiger partial charge in [0.15, 0.2) is 0 Å². The lowest BCUT2D eigenvalue weighted by Crippen LogP contribution is -2.44. The first-order valence-electron chi connectivity index (χ1n) is 7.36. The maximum Gasteiger partial charge on any atom is 0.120 e. The van der Waals surface area contributed by atoms with Gasteiger partial charge in [0.25, 0.3) is 0 Å². The van der Waals surface area contributed by atoms with Gasteiger partial charge in [0.2, 0.25) is 0 Å². The third-order valence-electron chi connectivity index (χ3n) is 3.41. The van der Waals surface area contributed by atoms with Crippen molar-refractivity contribution in [3.8, 4) is 5.75 Å². The maximum atomic E-state index is 5.87. The number of ether oxygens (including phenoxy) is 1. The number of nitrogens with zero attached hydrogens (tertiary/aromatic N) is 1. The van der Waals surface area contributed by atoms with E-state index in [0.29, 0.717) is 6.04 Å². The zero-order valence-corrected chi connectivity index (χ0v) is 15.3. The van der Waals surface area contributed by atoms with Crippen molar-refractivity contribution in [2.45, 2.75) is 32.4 Å². The zero-order valence-electron chi connectivity index (χ0n) is 13.7. The number of rotatable bonds is 4. The SMILES string of the molecule is C=C[C@H](c1ccc(OC(C)(C)C)cc1)N1CCNCC1.Cl.Cl. The van der Waals surface area contributed by atoms with Crippen molar-refractivity contribution in [2.24, 2.45) is 0 Å². The van der Waals surface area contributed by atoms with Crippen LogP contribution in [0.15, 0.2) is 36.9 Å². The van der Waals surface area contributed by atoms with Crippen LogP contribution in [0.25, 0.3) is 0 Å². The minimum absolute atomic E-state index is 0. The number of nitrogens with one attached hydrogen (secondary N) is 1. The smallest absolute Gasteiger partial charge is 0.120 e. The van der Waals surface area contributed by atoms with E-state index in [9.17, 15) is 0 Å². The normalized spacial score (nSPS) is 16.9. The Morgan fingerprint density at radius 3 is 2.14 bits per heavy atom. The molecule has 0 amide bonds. The quantitative estimate of drug-likeness (QED) is 0.838. The van der Waals surface area contributed by atoms with Crippen molar-refractivity contribution in [3.63, 3.8) is 0 Å². The van der Waals surface area contributed by atoms with Crippen LogP contribution in [0.5, 0.6) is 5.75 Å². The molecule has 1 saturated heterocycles. The van der Waals surface area contributed by atoms with E-state index in [1.807, 2.05) is 6.08 Å². The van der Waals surface area contributed by atoms with E-state index in [-0.39, 0.29) is 30.4 Å². The van der Waals surface area contributed by atoms with Gasteiger partial charge < -0.3 is 10.1 Å². The number of benzene rings is 1. The molecule has 126 valence electrons. The summed E-state index contributed by atoms with van der Waals surface area (Å²) in [5.74, 6) is 0.921. The van der Waals surface area contributed by atoms with Gasteiger partial charge in [-0.15, -0.1) is 31.4 Å². The molecule has 0 bridgehead atoms. The molecule has 2 rings (SSSR count). The molecule has 1 aromatic rings. The topological polar surface area (TPSA) is 24.5 Å². The average molecular weight is 347 g/mol. The van der Waals surface area contributed by atoms with Crippen LogP contribution in [0.2, 0.25) is 0 Å². The van der Waals surface area contributed by atoms with Crippen LogP contribution in [0.1, 0.15) is 32.4 Å². The Kier molecular flexibility index (Phi) is 9.09. The maximum absolute atomic E-state index is 5.87. The van der Waals surface area contributed by atoms with Crippen molar-refractivity contribution in [1.29, 1.82) is 0 Å². The van der Waals surface area contributed by atoms with E-state index in [0.717, 1.165) is 31.9 Å². The van der Waals surface area contributed by atoms with Gasteiger partial charge in [0.1, 0.15) is 11.4 Å². The molecule has 1 aliphatic rings. The molecule has 1 heterocycles. The molecule has 0 unspecified atom stereocenters. The second kappa shape index (κ2) is 9.41. The van der Waals surface area contributed by atoms with Crippen molar-refractivity contribution >= 4 is 24.8 Å². The predicted molar refractivity (Wildman–Crippen MR) is 98.7 cm³/mol. The van der Waals surface area contributed by atoms with Crippen LogP contribution in [0.3, 0.4) is 0 Å². The minimum atomic E-state index is -0.155. The molecule has 0 aliphatic carbocycles. The number of piperazine rings is 1. The van der Waals surface area contributed by atoms with E-state index in [1.54, 1.807) is 0 Å². The first-order valence-corrected chi connectivity index (χ1v) is 7.36. The predicted octanol–water partition coefficient (Wildman–Crippen LogP) is 3.84. The van der Waals surface area contributed by atoms with E-state index in [4.69, 9.17) is 4.74 Å². The van der Waals surface area contributed by atoms with E-state index >= 15 is 0 Å². The van der Waals surface area contributed by atoms with Gasteiger partial charge in [0, 0.05) is 26.2 Å². The lowest BCUT2D eigenvalue weighted by atomic mass is 10.0. The molecule has 0 radical (unpaired) electrons. The first kappa shape index (κ1) is 21.3. The van der Waals surface area contributed by atoms with Crippen LogP contribution in [0.4, 0.5) is 0 Å². The molecular formula is C17H28Cl2N2O. The van der Waals surface area contributed by atoms with Crippen LogP contribution >= 0.6 is 24.8 Å². The van der Waals surface area contributed by atoms with Gasteiger partial charge in [-0.1, -0.05) is 18.2 Å². The zero-order chi connectivity index (χ0) is 14.6. The Labute approximate surface area is 146 Å². The highest BCUT2D eigenvalue weighted by Crippen LogP contribution is 2.25. The molecule has 3 nitrogen and oxygen atoms in total. The van der Waals surface area contributed by atoms with Crippen LogP contribution < -0.4 is 10.1 Å². The summed E-state index contributed by atoms with van der Waals surface area (Å²) in [6, 6.07) is 8.70. The Hall–Kier alpha value is -0.740. The summed E-state index contributed by atoms with van der Waals surface area (Å²) in [5.41, 5.74) is 1.13. The Bertz CT molecular complexity index is 437. The summed E-state index contributed by atoms with van der Waals surface area (Å²) in [4.78, 5) is 2.46. The standard InChI is InChI=1S/C17H26N2O.2ClH/c1-5-16(19-12-10-18-11-13-19)14-6-8-15(9-7-14)20-17(2,3)4;;/h5-9,16,18H,1,10-13H2,2-4H3;2*1H/t16-;;/m1../s1. The lowest BCUT2D eigenvalue weighted by molar-refractivity contribution is 0.131. The highest BCUT2D eigenvalue weighted by atomic mass is 35.5. The monoisotopic (exact) mass is 346 g/mol. The van der Waals surface area contributed by atoms with Crippen LogP contribution in [-0.2, 0) is 0 Å². The van der Waals surface area contributed by atoms with Crippen molar-refractivity contribution < 1.29 is 4.74 Å². The van der Waals surface area contributed by atoms with Crippen molar-refractivity contribution in [1.82, 2.24) is 10.2 Å². The molecule has 1 fully saturated rings. The van der Waals surface area contributed by atoms with E-state index in [2.05, 4.69) is 61.8 Å². The fourth-order valence-corrected chi connectivity index (χ4v) is 2.54. The fraction of sp³-hybridized carbons (Fsp3) is 0.529. The fourth-order valence-electron chi connectivity index (χ4n) is 2.54. The molecular weight excluding hydrogens is 319 g/mol. The Morgan fingerprint density at radius 2 is 1.68 bits per heavy atom. The van der Waals surface area contributed by atoms with E-state index in [1.165, 1.54) is 5.56 Å². The molecule has 0 aromatic heterocycles. The third kappa shape index (κ3) is 6.17. The summed E-state index contributed by atoms with van der Waals surface area (Å²) in [6.07, 6.45) is 2.03. The molecule has 1 aliphatic heterocycles. The second-order valence-electron chi connectivity index (χ2n) is 6.25. The summed E-state index contributed by atoms with van der Waals surface area (Å²) >= 11 is 0.